The topological polar surface area (TPSA) is 83.4 Å². The molecule has 3 aromatic carbocycles. The summed E-state index contributed by atoms with van der Waals surface area (Å²) in [6.07, 6.45) is 1.64. The Morgan fingerprint density at radius 2 is 1.74 bits per heavy atom. The molecule has 0 spiro atoms. The van der Waals surface area contributed by atoms with Crippen molar-refractivity contribution in [3.63, 3.8) is 0 Å². The minimum atomic E-state index is -0.511. The van der Waals surface area contributed by atoms with E-state index in [1.165, 1.54) is 6.92 Å². The predicted octanol–water partition coefficient (Wildman–Crippen LogP) is 5.14. The molecule has 3 aromatic rings. The second-order valence-electron chi connectivity index (χ2n) is 7.93. The summed E-state index contributed by atoms with van der Waals surface area (Å²) in [6, 6.07) is 18.1. The Bertz CT molecular complexity index is 1360. The smallest absolute Gasteiger partial charge is 0.363 e. The van der Waals surface area contributed by atoms with Crippen LogP contribution in [0.3, 0.4) is 0 Å². The van der Waals surface area contributed by atoms with E-state index in [9.17, 15) is 9.59 Å². The number of nitrogens with zero attached hydrogens (tertiary/aromatic N) is 1. The Morgan fingerprint density at radius 3 is 2.46 bits per heavy atom. The van der Waals surface area contributed by atoms with Crippen molar-refractivity contribution in [3.05, 3.63) is 94.2 Å². The maximum Gasteiger partial charge on any atom is 0.363 e. The zero-order valence-electron chi connectivity index (χ0n) is 20.0. The summed E-state index contributed by atoms with van der Waals surface area (Å²) in [6.45, 7) is 3.66. The molecule has 1 aliphatic rings. The molecule has 0 aliphatic carbocycles. The third-order valence-corrected chi connectivity index (χ3v) is 5.56. The fourth-order valence-corrected chi connectivity index (χ4v) is 3.63. The molecule has 35 heavy (non-hydrogen) atoms. The van der Waals surface area contributed by atoms with Crippen LogP contribution in [0.4, 0.5) is 0 Å². The quantitative estimate of drug-likeness (QED) is 0.257. The molecule has 7 heteroatoms. The van der Waals surface area contributed by atoms with E-state index >= 15 is 0 Å². The lowest BCUT2D eigenvalue weighted by Gasteiger charge is -2.14. The largest absolute Gasteiger partial charge is 0.496 e. The van der Waals surface area contributed by atoms with Crippen LogP contribution >= 0.6 is 0 Å². The molecule has 7 nitrogen and oxygen atoms in total. The first-order chi connectivity index (χ1) is 16.9. The number of benzene rings is 3. The third-order valence-electron chi connectivity index (χ3n) is 5.56. The molecule has 1 heterocycles. The highest BCUT2D eigenvalue weighted by Crippen LogP contribution is 2.32. The maximum atomic E-state index is 12.4. The van der Waals surface area contributed by atoms with E-state index < -0.39 is 5.97 Å². The van der Waals surface area contributed by atoms with E-state index in [0.29, 0.717) is 28.4 Å². The molecule has 0 bridgehead atoms. The number of carbonyl (C=O) groups is 2. The highest BCUT2D eigenvalue weighted by atomic mass is 16.6. The predicted molar refractivity (Wildman–Crippen MR) is 132 cm³/mol. The standard InChI is InChI=1S/C28H25NO6/c1-17-7-5-6-8-22(17)27-29-23(28(31)35-27)13-19-9-12-24(26(14-19)33-4)34-16-21-11-10-20(18(2)30)15-25(21)32-3/h5-15H,16H2,1-4H3/b23-13+. The van der Waals surface area contributed by atoms with Crippen LogP contribution in [0.15, 0.2) is 71.4 Å². The van der Waals surface area contributed by atoms with Gasteiger partial charge in [-0.1, -0.05) is 36.4 Å². The number of hydrogen-bond donors (Lipinski definition) is 0. The molecule has 0 aromatic heterocycles. The summed E-state index contributed by atoms with van der Waals surface area (Å²) in [4.78, 5) is 28.4. The van der Waals surface area contributed by atoms with Gasteiger partial charge in [-0.15, -0.1) is 0 Å². The van der Waals surface area contributed by atoms with Gasteiger partial charge in [0.1, 0.15) is 12.4 Å². The number of carbonyl (C=O) groups excluding carboxylic acids is 2. The lowest BCUT2D eigenvalue weighted by Crippen LogP contribution is -2.06. The lowest BCUT2D eigenvalue weighted by atomic mass is 10.1. The van der Waals surface area contributed by atoms with Crippen molar-refractivity contribution < 1.29 is 28.5 Å². The van der Waals surface area contributed by atoms with Gasteiger partial charge in [0.15, 0.2) is 23.0 Å². The molecule has 0 radical (unpaired) electrons. The number of Topliss-reactive ketones (excluding diaryl/α,β-unsaturated/α-hetero) is 1. The minimum absolute atomic E-state index is 0.0383. The fraction of sp³-hybridized carbons (Fsp3) is 0.179. The average molecular weight is 472 g/mol. The van der Waals surface area contributed by atoms with Crippen LogP contribution < -0.4 is 14.2 Å². The third kappa shape index (κ3) is 5.24. The van der Waals surface area contributed by atoms with Crippen LogP contribution in [-0.2, 0) is 16.1 Å². The van der Waals surface area contributed by atoms with E-state index in [0.717, 1.165) is 16.7 Å². The first-order valence-corrected chi connectivity index (χ1v) is 11.0. The number of hydrogen-bond acceptors (Lipinski definition) is 7. The zero-order valence-corrected chi connectivity index (χ0v) is 20.0. The van der Waals surface area contributed by atoms with Gasteiger partial charge in [0.05, 0.1) is 14.2 Å². The number of aryl methyl sites for hydroxylation is 1. The van der Waals surface area contributed by atoms with Crippen LogP contribution in [-0.4, -0.2) is 31.9 Å². The Balaban J connectivity index is 1.54. The van der Waals surface area contributed by atoms with Crippen LogP contribution in [0.1, 0.15) is 39.5 Å². The highest BCUT2D eigenvalue weighted by molar-refractivity contribution is 6.13. The summed E-state index contributed by atoms with van der Waals surface area (Å²) in [7, 11) is 3.09. The molecular formula is C28H25NO6. The van der Waals surface area contributed by atoms with Gasteiger partial charge >= 0.3 is 5.97 Å². The number of ketones is 1. The van der Waals surface area contributed by atoms with E-state index in [2.05, 4.69) is 4.99 Å². The molecule has 0 fully saturated rings. The van der Waals surface area contributed by atoms with Crippen molar-refractivity contribution >= 4 is 23.7 Å². The fourth-order valence-electron chi connectivity index (χ4n) is 3.63. The number of cyclic esters (lactones) is 1. The molecule has 1 aliphatic heterocycles. The number of ether oxygens (including phenoxy) is 4. The molecule has 0 atom stereocenters. The molecule has 0 amide bonds. The van der Waals surface area contributed by atoms with Crippen LogP contribution in [0.2, 0.25) is 0 Å². The lowest BCUT2D eigenvalue weighted by molar-refractivity contribution is -0.129. The SMILES string of the molecule is COc1cc(C(C)=O)ccc1COc1ccc(/C=C2/N=C(c3ccccc3C)OC2=O)cc1OC. The van der Waals surface area contributed by atoms with Crippen molar-refractivity contribution in [2.75, 3.05) is 14.2 Å². The number of rotatable bonds is 8. The Kier molecular flexibility index (Phi) is 6.96. The summed E-state index contributed by atoms with van der Waals surface area (Å²) >= 11 is 0. The highest BCUT2D eigenvalue weighted by Gasteiger charge is 2.25. The Morgan fingerprint density at radius 1 is 0.971 bits per heavy atom. The maximum absolute atomic E-state index is 12.4. The first kappa shape index (κ1) is 23.8. The van der Waals surface area contributed by atoms with Crippen LogP contribution in [0.5, 0.6) is 17.2 Å². The summed E-state index contributed by atoms with van der Waals surface area (Å²) < 4.78 is 22.2. The van der Waals surface area contributed by atoms with Gasteiger partial charge in [0.2, 0.25) is 5.90 Å². The van der Waals surface area contributed by atoms with E-state index in [-0.39, 0.29) is 24.0 Å². The van der Waals surface area contributed by atoms with Crippen LogP contribution in [0.25, 0.3) is 6.08 Å². The monoisotopic (exact) mass is 471 g/mol. The van der Waals surface area contributed by atoms with Gasteiger partial charge in [-0.2, -0.15) is 0 Å². The second-order valence-corrected chi connectivity index (χ2v) is 7.93. The van der Waals surface area contributed by atoms with Gasteiger partial charge in [-0.3, -0.25) is 4.79 Å². The number of methoxy groups -OCH3 is 2. The summed E-state index contributed by atoms with van der Waals surface area (Å²) in [5.74, 6) is 1.32. The molecule has 0 saturated heterocycles. The normalized spacial score (nSPS) is 13.9. The summed E-state index contributed by atoms with van der Waals surface area (Å²) in [5.41, 5.74) is 4.01. The van der Waals surface area contributed by atoms with Crippen molar-refractivity contribution in [2.24, 2.45) is 4.99 Å². The average Bonchev–Trinajstić information content (AvgIpc) is 3.22. The number of esters is 1. The molecule has 0 N–H and O–H groups in total. The minimum Gasteiger partial charge on any atom is -0.496 e. The van der Waals surface area contributed by atoms with Crippen molar-refractivity contribution in [1.82, 2.24) is 0 Å². The van der Waals surface area contributed by atoms with E-state index in [4.69, 9.17) is 18.9 Å². The van der Waals surface area contributed by atoms with Crippen LogP contribution in [0, 0.1) is 6.92 Å². The van der Waals surface area contributed by atoms with Gasteiger partial charge in [0, 0.05) is 16.7 Å². The van der Waals surface area contributed by atoms with Crippen molar-refractivity contribution in [1.29, 1.82) is 0 Å². The molecule has 0 unspecified atom stereocenters. The molecule has 4 rings (SSSR count). The van der Waals surface area contributed by atoms with Crippen molar-refractivity contribution in [2.45, 2.75) is 20.5 Å². The van der Waals surface area contributed by atoms with Gasteiger partial charge in [-0.25, -0.2) is 9.79 Å². The zero-order chi connectivity index (χ0) is 24.9. The molecule has 178 valence electrons. The number of aliphatic imine (C=N–C) groups is 1. The van der Waals surface area contributed by atoms with E-state index in [1.54, 1.807) is 56.7 Å². The van der Waals surface area contributed by atoms with Crippen molar-refractivity contribution in [3.8, 4) is 17.2 Å². The molecular weight excluding hydrogens is 446 g/mol. The Hall–Kier alpha value is -4.39. The summed E-state index contributed by atoms with van der Waals surface area (Å²) in [5, 5.41) is 0. The molecule has 0 saturated carbocycles. The van der Waals surface area contributed by atoms with Gasteiger partial charge in [0.25, 0.3) is 0 Å². The first-order valence-electron chi connectivity index (χ1n) is 11.0. The van der Waals surface area contributed by atoms with Gasteiger partial charge < -0.3 is 18.9 Å². The Labute approximate surface area is 203 Å². The second kappa shape index (κ2) is 10.3. The van der Waals surface area contributed by atoms with E-state index in [1.807, 2.05) is 31.2 Å². The van der Waals surface area contributed by atoms with Gasteiger partial charge in [-0.05, 0) is 55.3 Å².